The standard InChI is InChI=1S/C26H35N5O2.ClH/c32-26(33-20-21-5-2-1-3-6-21)30-15-13-29(14-16-30)12-4-7-22-17-23(10-11-28-22)31-24-8-9-25(31)19-27-18-24;/h1-3,5-6,10-11,17,24-25,27H,4,7-9,12-16,18-20H2;1H. The van der Waals surface area contributed by atoms with Crippen molar-refractivity contribution in [2.45, 2.75) is 44.4 Å². The normalized spacial score (nSPS) is 22.4. The Balaban J connectivity index is 0.00000274. The SMILES string of the molecule is Cl.O=C(OCc1ccccc1)N1CCN(CCCc2cc(N3C4CCC3CNC4)ccn2)CC1. The fraction of sp³-hybridized carbons (Fsp3) is 0.538. The third-order valence-electron chi connectivity index (χ3n) is 7.22. The maximum atomic E-state index is 12.4. The fourth-order valence-electron chi connectivity index (χ4n) is 5.41. The highest BCUT2D eigenvalue weighted by Crippen LogP contribution is 2.32. The first kappa shape index (κ1) is 24.8. The number of aromatic nitrogens is 1. The Kier molecular flexibility index (Phi) is 8.64. The summed E-state index contributed by atoms with van der Waals surface area (Å²) in [6, 6.07) is 15.6. The first-order chi connectivity index (χ1) is 16.3. The summed E-state index contributed by atoms with van der Waals surface area (Å²) in [5.41, 5.74) is 3.55. The van der Waals surface area contributed by atoms with E-state index in [0.717, 1.165) is 64.2 Å². The lowest BCUT2D eigenvalue weighted by molar-refractivity contribution is 0.0714. The van der Waals surface area contributed by atoms with Crippen LogP contribution in [0, 0.1) is 0 Å². The van der Waals surface area contributed by atoms with Gasteiger partial charge in [-0.2, -0.15) is 0 Å². The highest BCUT2D eigenvalue weighted by Gasteiger charge is 2.36. The van der Waals surface area contributed by atoms with Crippen LogP contribution in [0.1, 0.15) is 30.5 Å². The molecule has 2 bridgehead atoms. The summed E-state index contributed by atoms with van der Waals surface area (Å²) in [5.74, 6) is 0. The molecule has 1 aromatic heterocycles. The molecule has 184 valence electrons. The van der Waals surface area contributed by atoms with Crippen LogP contribution in [0.3, 0.4) is 0 Å². The molecule has 1 aromatic carbocycles. The van der Waals surface area contributed by atoms with E-state index in [2.05, 4.69) is 32.2 Å². The van der Waals surface area contributed by atoms with Gasteiger partial charge in [0.25, 0.3) is 0 Å². The number of piperazine rings is 2. The molecule has 2 aromatic rings. The Labute approximate surface area is 208 Å². The highest BCUT2D eigenvalue weighted by molar-refractivity contribution is 5.85. The second kappa shape index (κ2) is 11.9. The van der Waals surface area contributed by atoms with Gasteiger partial charge in [0, 0.05) is 68.9 Å². The van der Waals surface area contributed by atoms with Crippen molar-refractivity contribution < 1.29 is 9.53 Å². The number of ether oxygens (including phenoxy) is 1. The molecule has 5 rings (SSSR count). The number of aryl methyl sites for hydroxylation is 1. The molecule has 1 N–H and O–H groups in total. The number of carbonyl (C=O) groups excluding carboxylic acids is 1. The minimum atomic E-state index is -0.207. The number of rotatable bonds is 7. The van der Waals surface area contributed by atoms with Crippen molar-refractivity contribution in [1.82, 2.24) is 20.1 Å². The van der Waals surface area contributed by atoms with Gasteiger partial charge in [-0.1, -0.05) is 30.3 Å². The van der Waals surface area contributed by atoms with Crippen molar-refractivity contribution in [3.05, 3.63) is 59.9 Å². The minimum absolute atomic E-state index is 0. The van der Waals surface area contributed by atoms with Gasteiger partial charge in [-0.15, -0.1) is 12.4 Å². The van der Waals surface area contributed by atoms with Crippen molar-refractivity contribution in [2.75, 3.05) is 50.7 Å². The molecule has 0 saturated carbocycles. The van der Waals surface area contributed by atoms with Gasteiger partial charge in [-0.25, -0.2) is 4.79 Å². The lowest BCUT2D eigenvalue weighted by Gasteiger charge is -2.37. The van der Waals surface area contributed by atoms with Crippen molar-refractivity contribution >= 4 is 24.2 Å². The summed E-state index contributed by atoms with van der Waals surface area (Å²) in [7, 11) is 0. The Morgan fingerprint density at radius 2 is 1.76 bits per heavy atom. The predicted molar refractivity (Wildman–Crippen MR) is 137 cm³/mol. The Bertz CT molecular complexity index is 906. The third kappa shape index (κ3) is 6.01. The number of fused-ring (bicyclic) bond motifs is 2. The fourth-order valence-corrected chi connectivity index (χ4v) is 5.41. The number of halogens is 1. The molecular weight excluding hydrogens is 450 g/mol. The number of benzene rings is 1. The molecule has 0 radical (unpaired) electrons. The largest absolute Gasteiger partial charge is 0.445 e. The van der Waals surface area contributed by atoms with Gasteiger partial charge in [0.1, 0.15) is 6.61 Å². The van der Waals surface area contributed by atoms with E-state index < -0.39 is 0 Å². The zero-order valence-corrected chi connectivity index (χ0v) is 20.6. The minimum Gasteiger partial charge on any atom is -0.445 e. The van der Waals surface area contributed by atoms with Crippen LogP contribution in [-0.2, 0) is 17.8 Å². The van der Waals surface area contributed by atoms with E-state index >= 15 is 0 Å². The Morgan fingerprint density at radius 1 is 1.03 bits per heavy atom. The van der Waals surface area contributed by atoms with Gasteiger partial charge in [0.2, 0.25) is 0 Å². The van der Waals surface area contributed by atoms with E-state index in [1.807, 2.05) is 41.4 Å². The molecule has 3 aliphatic heterocycles. The summed E-state index contributed by atoms with van der Waals surface area (Å²) in [5, 5.41) is 3.56. The van der Waals surface area contributed by atoms with Crippen LogP contribution in [0.5, 0.6) is 0 Å². The smallest absolute Gasteiger partial charge is 0.410 e. The van der Waals surface area contributed by atoms with E-state index in [1.54, 1.807) is 0 Å². The molecule has 0 aliphatic carbocycles. The first-order valence-electron chi connectivity index (χ1n) is 12.4. The third-order valence-corrected chi connectivity index (χ3v) is 7.22. The summed E-state index contributed by atoms with van der Waals surface area (Å²) in [6.45, 7) is 6.83. The number of hydrogen-bond acceptors (Lipinski definition) is 6. The average molecular weight is 486 g/mol. The number of nitrogens with one attached hydrogen (secondary N) is 1. The van der Waals surface area contributed by atoms with Gasteiger partial charge in [-0.05, 0) is 49.9 Å². The average Bonchev–Trinajstić information content (AvgIpc) is 3.12. The number of hydrogen-bond donors (Lipinski definition) is 1. The van der Waals surface area contributed by atoms with Gasteiger partial charge in [-0.3, -0.25) is 9.88 Å². The number of carbonyl (C=O) groups is 1. The number of amides is 1. The summed E-state index contributed by atoms with van der Waals surface area (Å²) < 4.78 is 5.47. The molecule has 34 heavy (non-hydrogen) atoms. The molecule has 3 fully saturated rings. The number of nitrogens with zero attached hydrogens (tertiary/aromatic N) is 4. The zero-order chi connectivity index (χ0) is 22.5. The molecule has 7 nitrogen and oxygen atoms in total. The van der Waals surface area contributed by atoms with Gasteiger partial charge in [0.05, 0.1) is 0 Å². The number of pyridine rings is 1. The predicted octanol–water partition coefficient (Wildman–Crippen LogP) is 3.33. The maximum Gasteiger partial charge on any atom is 0.410 e. The van der Waals surface area contributed by atoms with Crippen molar-refractivity contribution in [2.24, 2.45) is 0 Å². The topological polar surface area (TPSA) is 60.9 Å². The van der Waals surface area contributed by atoms with E-state index in [4.69, 9.17) is 4.74 Å². The monoisotopic (exact) mass is 485 g/mol. The molecule has 4 heterocycles. The molecule has 1 amide bonds. The van der Waals surface area contributed by atoms with Crippen LogP contribution in [0.2, 0.25) is 0 Å². The second-order valence-electron chi connectivity index (χ2n) is 9.43. The molecule has 3 saturated heterocycles. The van der Waals surface area contributed by atoms with Crippen LogP contribution in [0.25, 0.3) is 0 Å². The van der Waals surface area contributed by atoms with Gasteiger partial charge >= 0.3 is 6.09 Å². The van der Waals surface area contributed by atoms with Crippen LogP contribution in [-0.4, -0.2) is 78.8 Å². The molecule has 8 heteroatoms. The molecule has 0 spiro atoms. The molecular formula is C26H36ClN5O2. The Hall–Kier alpha value is -2.35. The van der Waals surface area contributed by atoms with Gasteiger partial charge < -0.3 is 19.9 Å². The van der Waals surface area contributed by atoms with Gasteiger partial charge in [0.15, 0.2) is 0 Å². The first-order valence-corrected chi connectivity index (χ1v) is 12.4. The second-order valence-corrected chi connectivity index (χ2v) is 9.43. The molecule has 3 aliphatic rings. The Morgan fingerprint density at radius 3 is 2.50 bits per heavy atom. The van der Waals surface area contributed by atoms with Crippen molar-refractivity contribution in [3.63, 3.8) is 0 Å². The van der Waals surface area contributed by atoms with Crippen molar-refractivity contribution in [3.8, 4) is 0 Å². The van der Waals surface area contributed by atoms with E-state index in [9.17, 15) is 4.79 Å². The zero-order valence-electron chi connectivity index (χ0n) is 19.8. The molecule has 2 atom stereocenters. The van der Waals surface area contributed by atoms with Crippen LogP contribution in [0.15, 0.2) is 48.7 Å². The van der Waals surface area contributed by atoms with E-state index in [-0.39, 0.29) is 18.5 Å². The summed E-state index contributed by atoms with van der Waals surface area (Å²) >= 11 is 0. The van der Waals surface area contributed by atoms with Crippen LogP contribution < -0.4 is 10.2 Å². The lowest BCUT2D eigenvalue weighted by atomic mass is 10.1. The summed E-state index contributed by atoms with van der Waals surface area (Å²) in [6.07, 6.45) is 6.44. The maximum absolute atomic E-state index is 12.4. The quantitative estimate of drug-likeness (QED) is 0.649. The molecule has 2 unspecified atom stereocenters. The summed E-state index contributed by atoms with van der Waals surface area (Å²) in [4.78, 5) is 23.9. The lowest BCUT2D eigenvalue weighted by Crippen LogP contribution is -2.52. The van der Waals surface area contributed by atoms with Crippen LogP contribution >= 0.6 is 12.4 Å². The number of anilines is 1. The van der Waals surface area contributed by atoms with Crippen LogP contribution in [0.4, 0.5) is 10.5 Å². The van der Waals surface area contributed by atoms with E-state index in [1.165, 1.54) is 24.2 Å². The van der Waals surface area contributed by atoms with E-state index in [0.29, 0.717) is 18.7 Å². The van der Waals surface area contributed by atoms with Crippen molar-refractivity contribution in [1.29, 1.82) is 0 Å². The highest BCUT2D eigenvalue weighted by atomic mass is 35.5.